The standard InChI is InChI=1S/C8H12F3N3O2/c9-8(10,11)7(16)14-2-1-5(4-14)13-6(15)3-12/h5H,1-4,12H2,(H,13,15). The van der Waals surface area contributed by atoms with Gasteiger partial charge in [-0.05, 0) is 6.42 Å². The molecular weight excluding hydrogens is 227 g/mol. The van der Waals surface area contributed by atoms with Crippen molar-refractivity contribution in [2.75, 3.05) is 19.6 Å². The highest BCUT2D eigenvalue weighted by molar-refractivity contribution is 5.82. The van der Waals surface area contributed by atoms with Gasteiger partial charge >= 0.3 is 12.1 Å². The molecule has 1 fully saturated rings. The van der Waals surface area contributed by atoms with Crippen LogP contribution in [0.5, 0.6) is 0 Å². The Hall–Kier alpha value is -1.31. The molecule has 1 aliphatic heterocycles. The van der Waals surface area contributed by atoms with Crippen LogP contribution in [0, 0.1) is 0 Å². The summed E-state index contributed by atoms with van der Waals surface area (Å²) in [6.45, 7) is -0.346. The van der Waals surface area contributed by atoms with Gasteiger partial charge < -0.3 is 16.0 Å². The zero-order chi connectivity index (χ0) is 12.3. The van der Waals surface area contributed by atoms with Gasteiger partial charge in [-0.25, -0.2) is 0 Å². The van der Waals surface area contributed by atoms with E-state index in [-0.39, 0.29) is 19.6 Å². The van der Waals surface area contributed by atoms with E-state index in [0.717, 1.165) is 0 Å². The van der Waals surface area contributed by atoms with Gasteiger partial charge in [-0.2, -0.15) is 13.2 Å². The lowest BCUT2D eigenvalue weighted by molar-refractivity contribution is -0.184. The quantitative estimate of drug-likeness (QED) is 0.664. The average Bonchev–Trinajstić information content (AvgIpc) is 2.63. The molecule has 0 aromatic rings. The van der Waals surface area contributed by atoms with E-state index >= 15 is 0 Å². The number of nitrogens with one attached hydrogen (secondary N) is 1. The summed E-state index contributed by atoms with van der Waals surface area (Å²) in [4.78, 5) is 22.4. The number of halogens is 3. The van der Waals surface area contributed by atoms with Crippen LogP contribution < -0.4 is 11.1 Å². The Kier molecular flexibility index (Phi) is 3.74. The van der Waals surface area contributed by atoms with Crippen LogP contribution in [0.15, 0.2) is 0 Å². The summed E-state index contributed by atoms with van der Waals surface area (Å²) in [5.74, 6) is -2.30. The molecule has 16 heavy (non-hydrogen) atoms. The Labute approximate surface area is 89.8 Å². The van der Waals surface area contributed by atoms with Gasteiger partial charge in [-0.1, -0.05) is 0 Å². The van der Waals surface area contributed by atoms with Crippen LogP contribution in [-0.2, 0) is 9.59 Å². The first kappa shape index (κ1) is 12.8. The highest BCUT2D eigenvalue weighted by Crippen LogP contribution is 2.21. The summed E-state index contributed by atoms with van der Waals surface area (Å²) in [5.41, 5.74) is 5.04. The van der Waals surface area contributed by atoms with E-state index in [2.05, 4.69) is 5.32 Å². The smallest absolute Gasteiger partial charge is 0.350 e. The van der Waals surface area contributed by atoms with Gasteiger partial charge in [0.2, 0.25) is 5.91 Å². The first-order chi connectivity index (χ1) is 7.34. The normalized spacial score (nSPS) is 21.0. The van der Waals surface area contributed by atoms with Crippen molar-refractivity contribution in [2.45, 2.75) is 18.6 Å². The molecule has 1 atom stereocenters. The third kappa shape index (κ3) is 3.09. The molecule has 2 amide bonds. The molecule has 0 aliphatic carbocycles. The maximum atomic E-state index is 12.1. The summed E-state index contributed by atoms with van der Waals surface area (Å²) in [5, 5.41) is 2.44. The van der Waals surface area contributed by atoms with E-state index in [1.807, 2.05) is 0 Å². The fourth-order valence-corrected chi connectivity index (χ4v) is 1.53. The second-order valence-electron chi connectivity index (χ2n) is 3.51. The van der Waals surface area contributed by atoms with Crippen molar-refractivity contribution in [1.29, 1.82) is 0 Å². The zero-order valence-electron chi connectivity index (χ0n) is 8.38. The van der Waals surface area contributed by atoms with Gasteiger partial charge in [0.1, 0.15) is 0 Å². The summed E-state index contributed by atoms with van der Waals surface area (Å²) in [6, 6.07) is -0.442. The molecular formula is C8H12F3N3O2. The largest absolute Gasteiger partial charge is 0.471 e. The molecule has 1 heterocycles. The Morgan fingerprint density at radius 1 is 1.44 bits per heavy atom. The van der Waals surface area contributed by atoms with Crippen molar-refractivity contribution in [3.8, 4) is 0 Å². The lowest BCUT2D eigenvalue weighted by Crippen LogP contribution is -2.44. The van der Waals surface area contributed by atoms with Gasteiger partial charge in [0.15, 0.2) is 0 Å². The molecule has 0 aromatic heterocycles. The number of hydrogen-bond acceptors (Lipinski definition) is 3. The molecule has 0 saturated carbocycles. The first-order valence-corrected chi connectivity index (χ1v) is 4.70. The number of amides is 2. The molecule has 0 spiro atoms. The fourth-order valence-electron chi connectivity index (χ4n) is 1.53. The molecule has 1 saturated heterocycles. The molecule has 3 N–H and O–H groups in total. The van der Waals surface area contributed by atoms with Gasteiger partial charge in [-0.15, -0.1) is 0 Å². The minimum absolute atomic E-state index is 0.00609. The van der Waals surface area contributed by atoms with E-state index < -0.39 is 24.0 Å². The van der Waals surface area contributed by atoms with Crippen molar-refractivity contribution in [3.05, 3.63) is 0 Å². The topological polar surface area (TPSA) is 75.4 Å². The summed E-state index contributed by atoms with van der Waals surface area (Å²) >= 11 is 0. The van der Waals surface area contributed by atoms with Gasteiger partial charge in [-0.3, -0.25) is 9.59 Å². The van der Waals surface area contributed by atoms with E-state index in [0.29, 0.717) is 11.3 Å². The number of hydrogen-bond donors (Lipinski definition) is 2. The van der Waals surface area contributed by atoms with Crippen molar-refractivity contribution in [1.82, 2.24) is 10.2 Å². The Balaban J connectivity index is 2.47. The molecule has 0 aromatic carbocycles. The minimum Gasteiger partial charge on any atom is -0.350 e. The number of nitrogens with two attached hydrogens (primary N) is 1. The summed E-state index contributed by atoms with van der Waals surface area (Å²) < 4.78 is 36.2. The fraction of sp³-hybridized carbons (Fsp3) is 0.750. The third-order valence-corrected chi connectivity index (χ3v) is 2.27. The lowest BCUT2D eigenvalue weighted by atomic mass is 10.2. The van der Waals surface area contributed by atoms with Crippen LogP contribution in [0.1, 0.15) is 6.42 Å². The number of carbonyl (C=O) groups excluding carboxylic acids is 2. The van der Waals surface area contributed by atoms with Crippen molar-refractivity contribution in [3.63, 3.8) is 0 Å². The second kappa shape index (κ2) is 4.69. The van der Waals surface area contributed by atoms with E-state index in [1.54, 1.807) is 0 Å². The molecule has 1 unspecified atom stereocenters. The van der Waals surface area contributed by atoms with Crippen LogP contribution in [0.4, 0.5) is 13.2 Å². The van der Waals surface area contributed by atoms with Crippen LogP contribution in [0.3, 0.4) is 0 Å². The van der Waals surface area contributed by atoms with Crippen LogP contribution >= 0.6 is 0 Å². The van der Waals surface area contributed by atoms with Gasteiger partial charge in [0.05, 0.1) is 6.54 Å². The number of carbonyl (C=O) groups is 2. The second-order valence-corrected chi connectivity index (χ2v) is 3.51. The van der Waals surface area contributed by atoms with Crippen LogP contribution in [0.2, 0.25) is 0 Å². The maximum Gasteiger partial charge on any atom is 0.471 e. The number of likely N-dealkylation sites (tertiary alicyclic amines) is 1. The van der Waals surface area contributed by atoms with E-state index in [1.165, 1.54) is 0 Å². The number of alkyl halides is 3. The lowest BCUT2D eigenvalue weighted by Gasteiger charge is -2.18. The first-order valence-electron chi connectivity index (χ1n) is 4.70. The van der Waals surface area contributed by atoms with Gasteiger partial charge in [0, 0.05) is 19.1 Å². The Morgan fingerprint density at radius 3 is 2.56 bits per heavy atom. The third-order valence-electron chi connectivity index (χ3n) is 2.27. The predicted octanol–water partition coefficient (Wildman–Crippen LogP) is -0.776. The Morgan fingerprint density at radius 2 is 2.06 bits per heavy atom. The van der Waals surface area contributed by atoms with Crippen molar-refractivity contribution >= 4 is 11.8 Å². The van der Waals surface area contributed by atoms with Crippen molar-refractivity contribution < 1.29 is 22.8 Å². The molecule has 0 bridgehead atoms. The highest BCUT2D eigenvalue weighted by atomic mass is 19.4. The van der Waals surface area contributed by atoms with Crippen LogP contribution in [0.25, 0.3) is 0 Å². The molecule has 0 radical (unpaired) electrons. The van der Waals surface area contributed by atoms with E-state index in [9.17, 15) is 22.8 Å². The molecule has 8 heteroatoms. The minimum atomic E-state index is -4.85. The Bertz CT molecular complexity index is 293. The SMILES string of the molecule is NCC(=O)NC1CCN(C(=O)C(F)(F)F)C1. The monoisotopic (exact) mass is 239 g/mol. The van der Waals surface area contributed by atoms with Crippen LogP contribution in [-0.4, -0.2) is 48.6 Å². The highest BCUT2D eigenvalue weighted by Gasteiger charge is 2.44. The molecule has 92 valence electrons. The predicted molar refractivity (Wildman–Crippen MR) is 48.2 cm³/mol. The molecule has 1 rings (SSSR count). The molecule has 5 nitrogen and oxygen atoms in total. The van der Waals surface area contributed by atoms with Gasteiger partial charge in [0.25, 0.3) is 0 Å². The van der Waals surface area contributed by atoms with E-state index in [4.69, 9.17) is 5.73 Å². The zero-order valence-corrected chi connectivity index (χ0v) is 8.38. The van der Waals surface area contributed by atoms with Crippen molar-refractivity contribution in [2.24, 2.45) is 5.73 Å². The molecule has 1 aliphatic rings. The number of rotatable bonds is 2. The maximum absolute atomic E-state index is 12.1. The summed E-state index contributed by atoms with van der Waals surface area (Å²) in [6.07, 6.45) is -4.54. The number of nitrogens with zero attached hydrogens (tertiary/aromatic N) is 1. The average molecular weight is 239 g/mol. The summed E-state index contributed by atoms with van der Waals surface area (Å²) in [7, 11) is 0.